The van der Waals surface area contributed by atoms with Gasteiger partial charge in [0.1, 0.15) is 5.82 Å². The maximum atomic E-state index is 4.41. The molecular formula is C14H19N7. The molecule has 21 heavy (non-hydrogen) atoms. The average Bonchev–Trinajstić information content (AvgIpc) is 3.04. The summed E-state index contributed by atoms with van der Waals surface area (Å²) in [6, 6.07) is 1.85. The van der Waals surface area contributed by atoms with E-state index in [4.69, 9.17) is 0 Å². The number of rotatable bonds is 6. The Balaban J connectivity index is 1.51. The van der Waals surface area contributed by atoms with E-state index in [9.17, 15) is 0 Å². The van der Waals surface area contributed by atoms with Crippen LogP contribution < -0.4 is 0 Å². The average molecular weight is 285 g/mol. The molecule has 0 radical (unpaired) electrons. The van der Waals surface area contributed by atoms with Crippen molar-refractivity contribution >= 4 is 5.78 Å². The largest absolute Gasteiger partial charge is 0.338 e. The quantitative estimate of drug-likeness (QED) is 0.674. The van der Waals surface area contributed by atoms with E-state index in [1.807, 2.05) is 31.7 Å². The third kappa shape index (κ3) is 3.25. The van der Waals surface area contributed by atoms with Crippen molar-refractivity contribution in [3.8, 4) is 0 Å². The molecule has 0 unspecified atom stereocenters. The zero-order valence-corrected chi connectivity index (χ0v) is 12.3. The number of imidazole rings is 1. The van der Waals surface area contributed by atoms with E-state index in [2.05, 4.69) is 36.6 Å². The van der Waals surface area contributed by atoms with Gasteiger partial charge in [-0.2, -0.15) is 4.98 Å². The van der Waals surface area contributed by atoms with Gasteiger partial charge >= 0.3 is 0 Å². The summed E-state index contributed by atoms with van der Waals surface area (Å²) in [5.41, 5.74) is 0. The Morgan fingerprint density at radius 2 is 2.10 bits per heavy atom. The van der Waals surface area contributed by atoms with Crippen molar-refractivity contribution in [2.75, 3.05) is 13.6 Å². The molecular weight excluding hydrogens is 266 g/mol. The molecule has 0 spiro atoms. The molecule has 3 heterocycles. The van der Waals surface area contributed by atoms with E-state index >= 15 is 0 Å². The summed E-state index contributed by atoms with van der Waals surface area (Å²) in [7, 11) is 4.11. The fourth-order valence-corrected chi connectivity index (χ4v) is 2.31. The first kappa shape index (κ1) is 13.7. The number of nitrogens with zero attached hydrogens (tertiary/aromatic N) is 7. The molecule has 7 nitrogen and oxygen atoms in total. The standard InChI is InChI=1S/C14H19N7/c1-19(8-3-5-13-15-7-10-20(13)2)11-12-17-14-16-6-4-9-21(14)18-12/h4,6-7,9-10H,3,5,8,11H2,1-2H3. The zero-order valence-electron chi connectivity index (χ0n) is 12.3. The van der Waals surface area contributed by atoms with Crippen LogP contribution in [-0.4, -0.2) is 47.6 Å². The molecule has 110 valence electrons. The fourth-order valence-electron chi connectivity index (χ4n) is 2.31. The van der Waals surface area contributed by atoms with Crippen molar-refractivity contribution < 1.29 is 0 Å². The summed E-state index contributed by atoms with van der Waals surface area (Å²) in [6.07, 6.45) is 9.45. The smallest absolute Gasteiger partial charge is 0.252 e. The second kappa shape index (κ2) is 6.01. The van der Waals surface area contributed by atoms with Gasteiger partial charge in [-0.15, -0.1) is 5.10 Å². The van der Waals surface area contributed by atoms with Gasteiger partial charge in [-0.25, -0.2) is 14.5 Å². The second-order valence-electron chi connectivity index (χ2n) is 5.19. The Morgan fingerprint density at radius 3 is 2.86 bits per heavy atom. The predicted molar refractivity (Wildman–Crippen MR) is 78.6 cm³/mol. The van der Waals surface area contributed by atoms with Crippen LogP contribution in [0, 0.1) is 0 Å². The van der Waals surface area contributed by atoms with E-state index in [0.29, 0.717) is 5.78 Å². The zero-order chi connectivity index (χ0) is 14.7. The molecule has 0 saturated carbocycles. The molecule has 0 atom stereocenters. The van der Waals surface area contributed by atoms with Gasteiger partial charge in [0.2, 0.25) is 0 Å². The summed E-state index contributed by atoms with van der Waals surface area (Å²) in [5.74, 6) is 2.57. The molecule has 0 N–H and O–H groups in total. The lowest BCUT2D eigenvalue weighted by molar-refractivity contribution is 0.313. The van der Waals surface area contributed by atoms with Crippen molar-refractivity contribution in [2.24, 2.45) is 7.05 Å². The van der Waals surface area contributed by atoms with Crippen molar-refractivity contribution in [3.63, 3.8) is 0 Å². The highest BCUT2D eigenvalue weighted by atomic mass is 15.3. The van der Waals surface area contributed by atoms with Crippen LogP contribution in [0.25, 0.3) is 5.78 Å². The first-order chi connectivity index (χ1) is 10.2. The summed E-state index contributed by atoms with van der Waals surface area (Å²) in [5, 5.41) is 4.41. The van der Waals surface area contributed by atoms with Gasteiger partial charge in [-0.05, 0) is 26.1 Å². The molecule has 0 saturated heterocycles. The van der Waals surface area contributed by atoms with Gasteiger partial charge in [0.25, 0.3) is 5.78 Å². The van der Waals surface area contributed by atoms with Gasteiger partial charge in [0, 0.05) is 38.3 Å². The van der Waals surface area contributed by atoms with Crippen molar-refractivity contribution in [2.45, 2.75) is 19.4 Å². The number of aryl methyl sites for hydroxylation is 2. The van der Waals surface area contributed by atoms with Crippen molar-refractivity contribution in [1.29, 1.82) is 0 Å². The van der Waals surface area contributed by atoms with E-state index in [1.54, 1.807) is 10.7 Å². The summed E-state index contributed by atoms with van der Waals surface area (Å²) in [6.45, 7) is 1.71. The number of hydrogen-bond donors (Lipinski definition) is 0. The first-order valence-corrected chi connectivity index (χ1v) is 7.03. The molecule has 3 aromatic heterocycles. The monoisotopic (exact) mass is 285 g/mol. The van der Waals surface area contributed by atoms with Crippen LogP contribution in [0.5, 0.6) is 0 Å². The van der Waals surface area contributed by atoms with Crippen LogP contribution in [0.15, 0.2) is 30.9 Å². The van der Waals surface area contributed by atoms with Gasteiger partial charge in [0.05, 0.1) is 6.54 Å². The molecule has 3 aromatic rings. The minimum atomic E-state index is 0.647. The second-order valence-corrected chi connectivity index (χ2v) is 5.19. The Morgan fingerprint density at radius 1 is 1.19 bits per heavy atom. The molecule has 3 rings (SSSR count). The lowest BCUT2D eigenvalue weighted by Gasteiger charge is -2.14. The Kier molecular flexibility index (Phi) is 3.92. The molecule has 0 aliphatic carbocycles. The third-order valence-corrected chi connectivity index (χ3v) is 3.43. The molecule has 0 aliphatic rings. The van der Waals surface area contributed by atoms with Crippen molar-refractivity contribution in [1.82, 2.24) is 34.0 Å². The van der Waals surface area contributed by atoms with E-state index in [-0.39, 0.29) is 0 Å². The molecule has 0 aliphatic heterocycles. The topological polar surface area (TPSA) is 64.1 Å². The van der Waals surface area contributed by atoms with Gasteiger partial charge in [0.15, 0.2) is 5.82 Å². The van der Waals surface area contributed by atoms with E-state index in [0.717, 1.165) is 37.6 Å². The van der Waals surface area contributed by atoms with Crippen molar-refractivity contribution in [3.05, 3.63) is 42.5 Å². The number of fused-ring (bicyclic) bond motifs is 1. The maximum absolute atomic E-state index is 4.41. The Labute approximate surface area is 123 Å². The third-order valence-electron chi connectivity index (χ3n) is 3.43. The van der Waals surface area contributed by atoms with E-state index < -0.39 is 0 Å². The Bertz CT molecular complexity index is 682. The fraction of sp³-hybridized carbons (Fsp3) is 0.429. The minimum absolute atomic E-state index is 0.647. The molecule has 0 bridgehead atoms. The molecule has 7 heteroatoms. The Hall–Kier alpha value is -2.28. The predicted octanol–water partition coefficient (Wildman–Crippen LogP) is 0.922. The molecule has 0 fully saturated rings. The lowest BCUT2D eigenvalue weighted by Crippen LogP contribution is -2.20. The lowest BCUT2D eigenvalue weighted by atomic mass is 10.3. The molecule has 0 aromatic carbocycles. The summed E-state index contributed by atoms with van der Waals surface area (Å²) in [4.78, 5) is 15.1. The van der Waals surface area contributed by atoms with Crippen LogP contribution in [-0.2, 0) is 20.0 Å². The maximum Gasteiger partial charge on any atom is 0.252 e. The highest BCUT2D eigenvalue weighted by Gasteiger charge is 2.08. The SMILES string of the molecule is CN(CCCc1nccn1C)Cc1nc2ncccn2n1. The van der Waals surface area contributed by atoms with Crippen LogP contribution in [0.4, 0.5) is 0 Å². The van der Waals surface area contributed by atoms with Gasteiger partial charge < -0.3 is 4.57 Å². The highest BCUT2D eigenvalue weighted by molar-refractivity contribution is 5.24. The minimum Gasteiger partial charge on any atom is -0.338 e. The first-order valence-electron chi connectivity index (χ1n) is 7.03. The summed E-state index contributed by atoms with van der Waals surface area (Å²) < 4.78 is 3.77. The van der Waals surface area contributed by atoms with E-state index in [1.165, 1.54) is 0 Å². The molecule has 0 amide bonds. The van der Waals surface area contributed by atoms with Crippen LogP contribution in [0.2, 0.25) is 0 Å². The highest BCUT2D eigenvalue weighted by Crippen LogP contribution is 2.03. The number of aromatic nitrogens is 6. The number of hydrogen-bond acceptors (Lipinski definition) is 5. The van der Waals surface area contributed by atoms with Gasteiger partial charge in [-0.3, -0.25) is 4.90 Å². The van der Waals surface area contributed by atoms with Crippen LogP contribution in [0.1, 0.15) is 18.1 Å². The normalized spacial score (nSPS) is 11.6. The van der Waals surface area contributed by atoms with Crippen LogP contribution in [0.3, 0.4) is 0 Å². The van der Waals surface area contributed by atoms with Crippen LogP contribution >= 0.6 is 0 Å². The summed E-state index contributed by atoms with van der Waals surface area (Å²) >= 11 is 0. The van der Waals surface area contributed by atoms with Gasteiger partial charge in [-0.1, -0.05) is 0 Å².